The lowest BCUT2D eigenvalue weighted by atomic mass is 9.71. The average Bonchev–Trinajstić information content (AvgIpc) is 3.07. The van der Waals surface area contributed by atoms with E-state index in [-0.39, 0.29) is 17.9 Å². The predicted octanol–water partition coefficient (Wildman–Crippen LogP) is 7.89. The van der Waals surface area contributed by atoms with Crippen LogP contribution in [0, 0.1) is 17.8 Å². The van der Waals surface area contributed by atoms with Crippen molar-refractivity contribution in [3.05, 3.63) is 131 Å². The SMILES string of the molecule is COc1cc(C(=O)OC2CC(COCc3ccccc3)C(C)C(C)C2OCc2ccccc2)ccc1OCc1ccccc1. The van der Waals surface area contributed by atoms with Crippen LogP contribution in [0.25, 0.3) is 0 Å². The quantitative estimate of drug-likeness (QED) is 0.147. The molecule has 0 bridgehead atoms. The summed E-state index contributed by atoms with van der Waals surface area (Å²) in [5.41, 5.74) is 3.67. The van der Waals surface area contributed by atoms with Gasteiger partial charge in [-0.1, -0.05) is 105 Å². The maximum absolute atomic E-state index is 13.6. The van der Waals surface area contributed by atoms with Gasteiger partial charge in [-0.3, -0.25) is 0 Å². The van der Waals surface area contributed by atoms with E-state index in [9.17, 15) is 4.79 Å². The van der Waals surface area contributed by atoms with Crippen molar-refractivity contribution in [3.8, 4) is 11.5 Å². The molecule has 1 aliphatic carbocycles. The molecule has 4 aromatic carbocycles. The lowest BCUT2D eigenvalue weighted by molar-refractivity contribution is -0.135. The van der Waals surface area contributed by atoms with Gasteiger partial charge in [0.05, 0.1) is 38.6 Å². The zero-order valence-electron chi connectivity index (χ0n) is 25.8. The van der Waals surface area contributed by atoms with Crippen molar-refractivity contribution < 1.29 is 28.5 Å². The first-order valence-electron chi connectivity index (χ1n) is 15.3. The summed E-state index contributed by atoms with van der Waals surface area (Å²) in [6, 6.07) is 35.3. The monoisotopic (exact) mass is 594 g/mol. The Kier molecular flexibility index (Phi) is 11.1. The molecule has 0 radical (unpaired) electrons. The fourth-order valence-electron chi connectivity index (χ4n) is 5.83. The van der Waals surface area contributed by atoms with Crippen LogP contribution in [-0.4, -0.2) is 31.9 Å². The smallest absolute Gasteiger partial charge is 0.338 e. The van der Waals surface area contributed by atoms with Crippen LogP contribution in [-0.2, 0) is 34.0 Å². The molecule has 230 valence electrons. The van der Waals surface area contributed by atoms with Crippen LogP contribution in [0.2, 0.25) is 0 Å². The molecule has 1 saturated carbocycles. The van der Waals surface area contributed by atoms with Gasteiger partial charge < -0.3 is 23.7 Å². The number of rotatable bonds is 13. The van der Waals surface area contributed by atoms with Gasteiger partial charge in [-0.05, 0) is 59.1 Å². The third kappa shape index (κ3) is 8.28. The summed E-state index contributed by atoms with van der Waals surface area (Å²) in [6.07, 6.45) is -0.0291. The second kappa shape index (κ2) is 15.6. The highest BCUT2D eigenvalue weighted by Crippen LogP contribution is 2.39. The molecular weight excluding hydrogens is 552 g/mol. The minimum Gasteiger partial charge on any atom is -0.493 e. The minimum absolute atomic E-state index is 0.152. The number of hydrogen-bond acceptors (Lipinski definition) is 6. The molecule has 1 fully saturated rings. The number of esters is 1. The topological polar surface area (TPSA) is 63.2 Å². The van der Waals surface area contributed by atoms with E-state index in [1.807, 2.05) is 78.9 Å². The van der Waals surface area contributed by atoms with Crippen molar-refractivity contribution >= 4 is 5.97 Å². The van der Waals surface area contributed by atoms with Crippen LogP contribution >= 0.6 is 0 Å². The Bertz CT molecular complexity index is 1440. The average molecular weight is 595 g/mol. The Balaban J connectivity index is 1.28. The highest BCUT2D eigenvalue weighted by molar-refractivity contribution is 5.90. The van der Waals surface area contributed by atoms with E-state index in [4.69, 9.17) is 23.7 Å². The molecule has 0 aliphatic heterocycles. The number of carbonyl (C=O) groups excluding carboxylic acids is 1. The molecule has 5 rings (SSSR count). The lowest BCUT2D eigenvalue weighted by Gasteiger charge is -2.44. The first kappa shape index (κ1) is 31.3. The highest BCUT2D eigenvalue weighted by atomic mass is 16.6. The third-order valence-electron chi connectivity index (χ3n) is 8.62. The van der Waals surface area contributed by atoms with Crippen LogP contribution in [0.3, 0.4) is 0 Å². The Morgan fingerprint density at radius 2 is 1.30 bits per heavy atom. The van der Waals surface area contributed by atoms with E-state index in [0.29, 0.717) is 55.8 Å². The van der Waals surface area contributed by atoms with Crippen molar-refractivity contribution in [2.24, 2.45) is 17.8 Å². The Labute approximate surface area is 260 Å². The summed E-state index contributed by atoms with van der Waals surface area (Å²) in [5.74, 6) is 1.31. The van der Waals surface area contributed by atoms with Crippen molar-refractivity contribution in [2.75, 3.05) is 13.7 Å². The lowest BCUT2D eigenvalue weighted by Crippen LogP contribution is -2.49. The molecule has 5 atom stereocenters. The summed E-state index contributed by atoms with van der Waals surface area (Å²) >= 11 is 0. The molecule has 44 heavy (non-hydrogen) atoms. The number of hydrogen-bond donors (Lipinski definition) is 0. The summed E-state index contributed by atoms with van der Waals surface area (Å²) in [4.78, 5) is 13.6. The third-order valence-corrected chi connectivity index (χ3v) is 8.62. The van der Waals surface area contributed by atoms with Crippen molar-refractivity contribution in [1.82, 2.24) is 0 Å². The summed E-state index contributed by atoms with van der Waals surface area (Å²) < 4.78 is 30.5. The van der Waals surface area contributed by atoms with Gasteiger partial charge >= 0.3 is 5.97 Å². The molecule has 1 aliphatic rings. The predicted molar refractivity (Wildman–Crippen MR) is 171 cm³/mol. The fourth-order valence-corrected chi connectivity index (χ4v) is 5.83. The zero-order valence-corrected chi connectivity index (χ0v) is 25.8. The molecule has 0 heterocycles. The fraction of sp³-hybridized carbons (Fsp3) is 0.342. The van der Waals surface area contributed by atoms with Crippen LogP contribution in [0.1, 0.15) is 47.3 Å². The van der Waals surface area contributed by atoms with Crippen LogP contribution < -0.4 is 9.47 Å². The molecule has 0 amide bonds. The van der Waals surface area contributed by atoms with Gasteiger partial charge in [0.25, 0.3) is 0 Å². The van der Waals surface area contributed by atoms with E-state index in [0.717, 1.165) is 16.7 Å². The Hall–Kier alpha value is -4.13. The van der Waals surface area contributed by atoms with Gasteiger partial charge in [0.15, 0.2) is 11.5 Å². The molecule has 0 N–H and O–H groups in total. The van der Waals surface area contributed by atoms with Crippen LogP contribution in [0.15, 0.2) is 109 Å². The van der Waals surface area contributed by atoms with E-state index >= 15 is 0 Å². The number of benzene rings is 4. The largest absolute Gasteiger partial charge is 0.493 e. The van der Waals surface area contributed by atoms with Gasteiger partial charge in [0.2, 0.25) is 0 Å². The number of carbonyl (C=O) groups is 1. The molecule has 0 saturated heterocycles. The van der Waals surface area contributed by atoms with Gasteiger partial charge in [-0.2, -0.15) is 0 Å². The van der Waals surface area contributed by atoms with Crippen molar-refractivity contribution in [3.63, 3.8) is 0 Å². The van der Waals surface area contributed by atoms with Gasteiger partial charge in [-0.15, -0.1) is 0 Å². The molecule has 0 spiro atoms. The van der Waals surface area contributed by atoms with E-state index in [2.05, 4.69) is 26.0 Å². The van der Waals surface area contributed by atoms with Gasteiger partial charge in [-0.25, -0.2) is 4.79 Å². The Morgan fingerprint density at radius 1 is 0.705 bits per heavy atom. The summed E-state index contributed by atoms with van der Waals surface area (Å²) in [7, 11) is 1.57. The van der Waals surface area contributed by atoms with Crippen molar-refractivity contribution in [2.45, 2.75) is 52.3 Å². The van der Waals surface area contributed by atoms with E-state index in [1.54, 1.807) is 25.3 Å². The van der Waals surface area contributed by atoms with Crippen LogP contribution in [0.4, 0.5) is 0 Å². The Morgan fingerprint density at radius 3 is 1.91 bits per heavy atom. The van der Waals surface area contributed by atoms with E-state index in [1.165, 1.54) is 0 Å². The van der Waals surface area contributed by atoms with E-state index < -0.39 is 12.1 Å². The molecule has 6 heteroatoms. The second-order valence-electron chi connectivity index (χ2n) is 11.6. The normalized spacial score (nSPS) is 21.4. The van der Waals surface area contributed by atoms with Gasteiger partial charge in [0.1, 0.15) is 12.7 Å². The molecule has 0 aromatic heterocycles. The summed E-state index contributed by atoms with van der Waals surface area (Å²) in [6.45, 7) is 6.42. The first-order chi connectivity index (χ1) is 21.5. The minimum atomic E-state index is -0.428. The van der Waals surface area contributed by atoms with Crippen LogP contribution in [0.5, 0.6) is 11.5 Å². The second-order valence-corrected chi connectivity index (χ2v) is 11.6. The first-order valence-corrected chi connectivity index (χ1v) is 15.3. The number of ether oxygens (including phenoxy) is 5. The maximum atomic E-state index is 13.6. The maximum Gasteiger partial charge on any atom is 0.338 e. The summed E-state index contributed by atoms with van der Waals surface area (Å²) in [5, 5.41) is 0. The highest BCUT2D eigenvalue weighted by Gasteiger charge is 2.43. The number of methoxy groups -OCH3 is 1. The standard InChI is InChI=1S/C38H42O6/c1-27-28(2)37(43-25-31-17-11-6-12-18-31)36(22-33(27)26-41-23-29-13-7-4-8-14-29)44-38(39)32-19-20-34(35(21-32)40-3)42-24-30-15-9-5-10-16-30/h4-21,27-28,33,36-37H,22-26H2,1-3H3. The molecule has 4 aromatic rings. The van der Waals surface area contributed by atoms with Crippen molar-refractivity contribution in [1.29, 1.82) is 0 Å². The molecule has 5 unspecified atom stereocenters. The molecular formula is C38H42O6. The molecule has 6 nitrogen and oxygen atoms in total. The zero-order chi connectivity index (χ0) is 30.7. The van der Waals surface area contributed by atoms with Gasteiger partial charge in [0, 0.05) is 0 Å².